The monoisotopic (exact) mass is 311 g/mol. The van der Waals surface area contributed by atoms with Gasteiger partial charge in [0.25, 0.3) is 0 Å². The Morgan fingerprint density at radius 3 is 2.74 bits per heavy atom. The van der Waals surface area contributed by atoms with Gasteiger partial charge >= 0.3 is 0 Å². The first-order valence-corrected chi connectivity index (χ1v) is 7.89. The van der Waals surface area contributed by atoms with E-state index in [4.69, 9.17) is 0 Å². The fourth-order valence-electron chi connectivity index (χ4n) is 2.65. The van der Waals surface area contributed by atoms with E-state index in [1.54, 1.807) is 12.1 Å². The molecule has 0 aliphatic rings. The maximum Gasteiger partial charge on any atom is 0.204 e. The minimum atomic E-state index is -0.108. The Bertz CT molecular complexity index is 811. The highest BCUT2D eigenvalue weighted by molar-refractivity contribution is 5.78. The summed E-state index contributed by atoms with van der Waals surface area (Å²) in [5.41, 5.74) is 2.69. The van der Waals surface area contributed by atoms with Crippen LogP contribution in [0.3, 0.4) is 0 Å². The number of aromatic nitrogens is 2. The Morgan fingerprint density at radius 2 is 1.91 bits per heavy atom. The van der Waals surface area contributed by atoms with Gasteiger partial charge in [0.2, 0.25) is 5.95 Å². The van der Waals surface area contributed by atoms with Crippen LogP contribution < -0.4 is 5.32 Å². The van der Waals surface area contributed by atoms with E-state index >= 15 is 0 Å². The van der Waals surface area contributed by atoms with Gasteiger partial charge in [-0.2, -0.15) is 0 Å². The van der Waals surface area contributed by atoms with Crippen LogP contribution in [-0.2, 0) is 13.1 Å². The third-order valence-electron chi connectivity index (χ3n) is 3.93. The average molecular weight is 311 g/mol. The SMILES string of the molecule is CCCCn1c(NCc2cccc(O)c2O)nc2ccccc21. The summed E-state index contributed by atoms with van der Waals surface area (Å²) in [7, 11) is 0. The average Bonchev–Trinajstić information content (AvgIpc) is 2.92. The third kappa shape index (κ3) is 3.08. The maximum atomic E-state index is 9.91. The lowest BCUT2D eigenvalue weighted by molar-refractivity contribution is 0.400. The Morgan fingerprint density at radius 1 is 1.09 bits per heavy atom. The summed E-state index contributed by atoms with van der Waals surface area (Å²) < 4.78 is 2.17. The van der Waals surface area contributed by atoms with E-state index in [0.29, 0.717) is 12.1 Å². The third-order valence-corrected chi connectivity index (χ3v) is 3.93. The van der Waals surface area contributed by atoms with Gasteiger partial charge in [0.15, 0.2) is 11.5 Å². The van der Waals surface area contributed by atoms with Crippen LogP contribution in [0.1, 0.15) is 25.3 Å². The number of nitrogens with one attached hydrogen (secondary N) is 1. The number of hydrogen-bond donors (Lipinski definition) is 3. The number of benzene rings is 2. The molecule has 0 radical (unpaired) electrons. The van der Waals surface area contributed by atoms with Crippen molar-refractivity contribution in [2.75, 3.05) is 5.32 Å². The molecular formula is C18H21N3O2. The van der Waals surface area contributed by atoms with E-state index in [9.17, 15) is 10.2 Å². The van der Waals surface area contributed by atoms with E-state index < -0.39 is 0 Å². The second-order valence-electron chi connectivity index (χ2n) is 5.57. The predicted octanol–water partition coefficient (Wildman–Crippen LogP) is 3.86. The molecule has 3 aromatic rings. The van der Waals surface area contributed by atoms with Crippen LogP contribution in [-0.4, -0.2) is 19.8 Å². The normalized spacial score (nSPS) is 11.0. The van der Waals surface area contributed by atoms with Crippen LogP contribution in [0.15, 0.2) is 42.5 Å². The van der Waals surface area contributed by atoms with E-state index in [-0.39, 0.29) is 11.5 Å². The summed E-state index contributed by atoms with van der Waals surface area (Å²) in [6.45, 7) is 3.46. The number of fused-ring (bicyclic) bond motifs is 1. The molecule has 1 heterocycles. The molecule has 0 aliphatic carbocycles. The Hall–Kier alpha value is -2.69. The van der Waals surface area contributed by atoms with Crippen molar-refractivity contribution in [1.29, 1.82) is 0 Å². The zero-order valence-electron chi connectivity index (χ0n) is 13.2. The molecule has 0 unspecified atom stereocenters. The second-order valence-corrected chi connectivity index (χ2v) is 5.57. The van der Waals surface area contributed by atoms with E-state index in [1.807, 2.05) is 18.2 Å². The number of imidazole rings is 1. The van der Waals surface area contributed by atoms with E-state index in [0.717, 1.165) is 36.4 Å². The molecule has 0 saturated heterocycles. The highest BCUT2D eigenvalue weighted by Crippen LogP contribution is 2.29. The first-order valence-electron chi connectivity index (χ1n) is 7.89. The van der Waals surface area contributed by atoms with Gasteiger partial charge in [0.05, 0.1) is 11.0 Å². The summed E-state index contributed by atoms with van der Waals surface area (Å²) in [5.74, 6) is 0.586. The largest absolute Gasteiger partial charge is 0.504 e. The summed E-state index contributed by atoms with van der Waals surface area (Å²) in [6, 6.07) is 13.0. The van der Waals surface area contributed by atoms with Crippen LogP contribution in [0.25, 0.3) is 11.0 Å². The molecule has 0 bridgehead atoms. The van der Waals surface area contributed by atoms with Crippen molar-refractivity contribution in [2.45, 2.75) is 32.9 Å². The number of unbranched alkanes of at least 4 members (excludes halogenated alkanes) is 1. The van der Waals surface area contributed by atoms with Crippen LogP contribution in [0.2, 0.25) is 0 Å². The molecule has 3 rings (SSSR count). The molecule has 0 fully saturated rings. The summed E-state index contributed by atoms with van der Waals surface area (Å²) >= 11 is 0. The Kier molecular flexibility index (Phi) is 4.37. The molecule has 3 N–H and O–H groups in total. The lowest BCUT2D eigenvalue weighted by Crippen LogP contribution is -2.08. The summed E-state index contributed by atoms with van der Waals surface area (Å²) in [5, 5.41) is 22.8. The smallest absolute Gasteiger partial charge is 0.204 e. The minimum absolute atomic E-state index is 0.0868. The van der Waals surface area contributed by atoms with Crippen molar-refractivity contribution in [3.05, 3.63) is 48.0 Å². The molecule has 1 aromatic heterocycles. The fraction of sp³-hybridized carbons (Fsp3) is 0.278. The predicted molar refractivity (Wildman–Crippen MR) is 91.7 cm³/mol. The second kappa shape index (κ2) is 6.60. The number of aryl methyl sites for hydroxylation is 1. The number of rotatable bonds is 6. The molecule has 5 nitrogen and oxygen atoms in total. The first-order chi connectivity index (χ1) is 11.2. The van der Waals surface area contributed by atoms with Crippen LogP contribution in [0.5, 0.6) is 11.5 Å². The van der Waals surface area contributed by atoms with Crippen molar-refractivity contribution in [2.24, 2.45) is 0 Å². The van der Waals surface area contributed by atoms with Crippen molar-refractivity contribution in [1.82, 2.24) is 9.55 Å². The van der Waals surface area contributed by atoms with Gasteiger partial charge in [0.1, 0.15) is 0 Å². The van der Waals surface area contributed by atoms with Crippen LogP contribution in [0.4, 0.5) is 5.95 Å². The van der Waals surface area contributed by atoms with Crippen LogP contribution in [0, 0.1) is 0 Å². The zero-order valence-corrected chi connectivity index (χ0v) is 13.2. The zero-order chi connectivity index (χ0) is 16.2. The molecule has 0 aliphatic heterocycles. The molecular weight excluding hydrogens is 290 g/mol. The number of anilines is 1. The van der Waals surface area contributed by atoms with Gasteiger partial charge in [-0.25, -0.2) is 4.98 Å². The highest BCUT2D eigenvalue weighted by Gasteiger charge is 2.11. The Balaban J connectivity index is 1.88. The molecule has 2 aromatic carbocycles. The molecule has 0 spiro atoms. The standard InChI is InChI=1S/C18H21N3O2/c1-2-3-11-21-15-9-5-4-8-14(15)20-18(21)19-12-13-7-6-10-16(22)17(13)23/h4-10,22-23H,2-3,11-12H2,1H3,(H,19,20). The first kappa shape index (κ1) is 15.2. The molecule has 0 saturated carbocycles. The maximum absolute atomic E-state index is 9.91. The lowest BCUT2D eigenvalue weighted by Gasteiger charge is -2.11. The van der Waals surface area contributed by atoms with Gasteiger partial charge in [-0.3, -0.25) is 0 Å². The van der Waals surface area contributed by atoms with Gasteiger partial charge in [-0.15, -0.1) is 0 Å². The molecule has 5 heteroatoms. The van der Waals surface area contributed by atoms with E-state index in [1.165, 1.54) is 6.07 Å². The number of aromatic hydroxyl groups is 2. The molecule has 120 valence electrons. The van der Waals surface area contributed by atoms with Crippen molar-refractivity contribution in [3.63, 3.8) is 0 Å². The number of para-hydroxylation sites is 3. The topological polar surface area (TPSA) is 70.3 Å². The summed E-state index contributed by atoms with van der Waals surface area (Å²) in [4.78, 5) is 4.64. The van der Waals surface area contributed by atoms with Crippen molar-refractivity contribution < 1.29 is 10.2 Å². The van der Waals surface area contributed by atoms with Gasteiger partial charge in [-0.05, 0) is 24.6 Å². The number of phenolic OH excluding ortho intramolecular Hbond substituents is 2. The summed E-state index contributed by atoms with van der Waals surface area (Å²) in [6.07, 6.45) is 2.19. The van der Waals surface area contributed by atoms with Gasteiger partial charge < -0.3 is 20.1 Å². The number of nitrogens with zero attached hydrogens (tertiary/aromatic N) is 2. The molecule has 0 amide bonds. The van der Waals surface area contributed by atoms with Crippen molar-refractivity contribution >= 4 is 17.0 Å². The van der Waals surface area contributed by atoms with Crippen molar-refractivity contribution in [3.8, 4) is 11.5 Å². The minimum Gasteiger partial charge on any atom is -0.504 e. The van der Waals surface area contributed by atoms with Gasteiger partial charge in [-0.1, -0.05) is 37.6 Å². The number of hydrogen-bond acceptors (Lipinski definition) is 4. The molecule has 23 heavy (non-hydrogen) atoms. The van der Waals surface area contributed by atoms with Gasteiger partial charge in [0, 0.05) is 18.7 Å². The van der Waals surface area contributed by atoms with Crippen LogP contribution >= 0.6 is 0 Å². The Labute approximate surface area is 135 Å². The quantitative estimate of drug-likeness (QED) is 0.605. The lowest BCUT2D eigenvalue weighted by atomic mass is 10.2. The molecule has 0 atom stereocenters. The fourth-order valence-corrected chi connectivity index (χ4v) is 2.65. The highest BCUT2D eigenvalue weighted by atomic mass is 16.3. The number of phenols is 2. The van der Waals surface area contributed by atoms with E-state index in [2.05, 4.69) is 27.9 Å².